The summed E-state index contributed by atoms with van der Waals surface area (Å²) < 4.78 is 14.2. The van der Waals surface area contributed by atoms with Gasteiger partial charge in [-0.2, -0.15) is 0 Å². The van der Waals surface area contributed by atoms with Crippen molar-refractivity contribution in [3.05, 3.63) is 76.3 Å². The molecule has 2 aromatic carbocycles. The van der Waals surface area contributed by atoms with Gasteiger partial charge in [-0.1, -0.05) is 36.4 Å². The van der Waals surface area contributed by atoms with Gasteiger partial charge in [0.2, 0.25) is 0 Å². The summed E-state index contributed by atoms with van der Waals surface area (Å²) in [5, 5.41) is 2.05. The molecule has 1 unspecified atom stereocenters. The van der Waals surface area contributed by atoms with E-state index in [-0.39, 0.29) is 11.9 Å². The molecule has 0 aliphatic heterocycles. The topological polar surface area (TPSA) is 50.9 Å². The van der Waals surface area contributed by atoms with Crippen molar-refractivity contribution in [1.82, 2.24) is 10.4 Å². The molecule has 1 atom stereocenters. The van der Waals surface area contributed by atoms with Gasteiger partial charge in [-0.3, -0.25) is 10.8 Å². The number of rotatable bonds is 3. The van der Waals surface area contributed by atoms with E-state index >= 15 is 0 Å². The highest BCUT2D eigenvalue weighted by atomic mass is 79.9. The maximum atomic E-state index is 13.8. The summed E-state index contributed by atoms with van der Waals surface area (Å²) in [5.74, 6) is 5.41. The van der Waals surface area contributed by atoms with Crippen molar-refractivity contribution >= 4 is 26.7 Å². The van der Waals surface area contributed by atoms with Crippen molar-refractivity contribution in [2.75, 3.05) is 0 Å². The molecule has 0 aliphatic rings. The lowest BCUT2D eigenvalue weighted by Gasteiger charge is -2.20. The quantitative estimate of drug-likeness (QED) is 0.562. The number of benzene rings is 2. The summed E-state index contributed by atoms with van der Waals surface area (Å²) in [6, 6.07) is 12.5. The number of hydrogen-bond acceptors (Lipinski definition) is 3. The van der Waals surface area contributed by atoms with E-state index < -0.39 is 0 Å². The predicted octanol–water partition coefficient (Wildman–Crippen LogP) is 3.69. The molecule has 0 aliphatic carbocycles. The van der Waals surface area contributed by atoms with Crippen molar-refractivity contribution in [3.63, 3.8) is 0 Å². The highest BCUT2D eigenvalue weighted by Gasteiger charge is 2.19. The second kappa shape index (κ2) is 5.89. The molecular weight excluding hydrogens is 333 g/mol. The fourth-order valence-corrected chi connectivity index (χ4v) is 2.95. The van der Waals surface area contributed by atoms with E-state index in [9.17, 15) is 4.39 Å². The minimum atomic E-state index is -0.353. The fourth-order valence-electron chi connectivity index (χ4n) is 2.46. The summed E-state index contributed by atoms with van der Waals surface area (Å²) >= 11 is 3.29. The van der Waals surface area contributed by atoms with E-state index in [0.717, 1.165) is 21.9 Å². The van der Waals surface area contributed by atoms with Crippen molar-refractivity contribution in [3.8, 4) is 0 Å². The van der Waals surface area contributed by atoms with Gasteiger partial charge in [-0.05, 0) is 32.9 Å². The van der Waals surface area contributed by atoms with E-state index in [1.807, 2.05) is 30.3 Å². The van der Waals surface area contributed by atoms with Gasteiger partial charge in [0.1, 0.15) is 5.82 Å². The molecule has 0 radical (unpaired) electrons. The molecule has 3 rings (SSSR count). The van der Waals surface area contributed by atoms with Gasteiger partial charge >= 0.3 is 0 Å². The van der Waals surface area contributed by atoms with Gasteiger partial charge < -0.3 is 0 Å². The van der Waals surface area contributed by atoms with Crippen molar-refractivity contribution in [2.24, 2.45) is 5.84 Å². The van der Waals surface area contributed by atoms with Crippen LogP contribution in [0.1, 0.15) is 17.2 Å². The van der Waals surface area contributed by atoms with Crippen LogP contribution in [0.15, 0.2) is 59.3 Å². The molecule has 0 saturated carbocycles. The SMILES string of the molecule is NNC(c1cccc(F)c1Br)c1cncc2ccccc12. The smallest absolute Gasteiger partial charge is 0.137 e. The minimum absolute atomic E-state index is 0.319. The monoisotopic (exact) mass is 345 g/mol. The van der Waals surface area contributed by atoms with Crippen molar-refractivity contribution < 1.29 is 4.39 Å². The molecule has 0 saturated heterocycles. The molecule has 5 heteroatoms. The van der Waals surface area contributed by atoms with Gasteiger partial charge in [-0.15, -0.1) is 0 Å². The number of pyridine rings is 1. The van der Waals surface area contributed by atoms with Gasteiger partial charge in [0.05, 0.1) is 10.5 Å². The molecule has 0 amide bonds. The highest BCUT2D eigenvalue weighted by Crippen LogP contribution is 2.32. The minimum Gasteiger partial charge on any atom is -0.271 e. The second-order valence-electron chi connectivity index (χ2n) is 4.69. The Bertz CT molecular complexity index is 786. The first-order valence-corrected chi connectivity index (χ1v) is 7.24. The molecule has 3 aromatic rings. The Hall–Kier alpha value is -1.82. The Kier molecular flexibility index (Phi) is 3.96. The number of nitrogens with two attached hydrogens (primary N) is 1. The van der Waals surface area contributed by atoms with Gasteiger partial charge in [0.15, 0.2) is 0 Å². The van der Waals surface area contributed by atoms with Crippen LogP contribution in [0.25, 0.3) is 10.8 Å². The number of nitrogens with one attached hydrogen (secondary N) is 1. The Labute approximate surface area is 130 Å². The van der Waals surface area contributed by atoms with Crippen LogP contribution in [-0.2, 0) is 0 Å². The molecule has 0 bridgehead atoms. The van der Waals surface area contributed by atoms with E-state index in [1.165, 1.54) is 6.07 Å². The highest BCUT2D eigenvalue weighted by molar-refractivity contribution is 9.10. The lowest BCUT2D eigenvalue weighted by Crippen LogP contribution is -2.29. The number of hydrogen-bond donors (Lipinski definition) is 2. The Morgan fingerprint density at radius 1 is 1.05 bits per heavy atom. The van der Waals surface area contributed by atoms with Crippen molar-refractivity contribution in [2.45, 2.75) is 6.04 Å². The summed E-state index contributed by atoms with van der Waals surface area (Å²) in [6.07, 6.45) is 3.55. The standard InChI is InChI=1S/C16H13BrFN3/c17-15-12(6-3-7-14(15)18)16(21-19)13-9-20-8-10-4-1-2-5-11(10)13/h1-9,16,21H,19H2. The maximum absolute atomic E-state index is 13.8. The third-order valence-corrected chi connectivity index (χ3v) is 4.31. The first kappa shape index (κ1) is 14.1. The van der Waals surface area contributed by atoms with E-state index in [2.05, 4.69) is 26.3 Å². The Balaban J connectivity index is 2.21. The number of hydrazine groups is 1. The summed E-state index contributed by atoms with van der Waals surface area (Å²) in [5.41, 5.74) is 4.39. The maximum Gasteiger partial charge on any atom is 0.137 e. The van der Waals surface area contributed by atoms with Crippen LogP contribution < -0.4 is 11.3 Å². The van der Waals surface area contributed by atoms with Crippen LogP contribution in [0.5, 0.6) is 0 Å². The normalized spacial score (nSPS) is 12.5. The second-order valence-corrected chi connectivity index (χ2v) is 5.49. The average Bonchev–Trinajstić information content (AvgIpc) is 2.52. The average molecular weight is 346 g/mol. The molecule has 3 N–H and O–H groups in total. The molecular formula is C16H13BrFN3. The van der Waals surface area contributed by atoms with Gasteiger partial charge in [-0.25, -0.2) is 9.82 Å². The lowest BCUT2D eigenvalue weighted by atomic mass is 9.96. The number of aromatic nitrogens is 1. The van der Waals surface area contributed by atoms with E-state index in [4.69, 9.17) is 5.84 Å². The molecule has 1 heterocycles. The first-order valence-electron chi connectivity index (χ1n) is 6.45. The zero-order valence-electron chi connectivity index (χ0n) is 11.1. The van der Waals surface area contributed by atoms with Crippen LogP contribution in [-0.4, -0.2) is 4.98 Å². The summed E-state index contributed by atoms with van der Waals surface area (Å²) in [6.45, 7) is 0. The van der Waals surface area contributed by atoms with Crippen LogP contribution >= 0.6 is 15.9 Å². The van der Waals surface area contributed by atoms with Gasteiger partial charge in [0.25, 0.3) is 0 Å². The Morgan fingerprint density at radius 2 is 1.86 bits per heavy atom. The van der Waals surface area contributed by atoms with Crippen LogP contribution in [0.4, 0.5) is 4.39 Å². The third-order valence-electron chi connectivity index (χ3n) is 3.47. The zero-order chi connectivity index (χ0) is 14.8. The number of fused-ring (bicyclic) bond motifs is 1. The number of halogens is 2. The van der Waals surface area contributed by atoms with Crippen LogP contribution in [0.2, 0.25) is 0 Å². The molecule has 1 aromatic heterocycles. The molecule has 106 valence electrons. The lowest BCUT2D eigenvalue weighted by molar-refractivity contribution is 0.598. The van der Waals surface area contributed by atoms with Crippen LogP contribution in [0.3, 0.4) is 0 Å². The molecule has 0 fully saturated rings. The van der Waals surface area contributed by atoms with Crippen molar-refractivity contribution in [1.29, 1.82) is 0 Å². The Morgan fingerprint density at radius 3 is 2.67 bits per heavy atom. The third kappa shape index (κ3) is 2.55. The van der Waals surface area contributed by atoms with E-state index in [1.54, 1.807) is 18.5 Å². The van der Waals surface area contributed by atoms with E-state index in [0.29, 0.717) is 4.47 Å². The zero-order valence-corrected chi connectivity index (χ0v) is 12.6. The fraction of sp³-hybridized carbons (Fsp3) is 0.0625. The van der Waals surface area contributed by atoms with Crippen LogP contribution in [0, 0.1) is 5.82 Å². The summed E-state index contributed by atoms with van der Waals surface area (Å²) in [7, 11) is 0. The first-order chi connectivity index (χ1) is 10.2. The molecule has 3 nitrogen and oxygen atoms in total. The molecule has 0 spiro atoms. The predicted molar refractivity (Wildman–Crippen MR) is 85.0 cm³/mol. The van der Waals surface area contributed by atoms with Gasteiger partial charge in [0, 0.05) is 23.3 Å². The largest absolute Gasteiger partial charge is 0.271 e. The molecule has 21 heavy (non-hydrogen) atoms. The summed E-state index contributed by atoms with van der Waals surface area (Å²) in [4.78, 5) is 4.25. The number of nitrogens with zero attached hydrogens (tertiary/aromatic N) is 1.